The van der Waals surface area contributed by atoms with Crippen molar-refractivity contribution in [1.82, 2.24) is 25.0 Å². The summed E-state index contributed by atoms with van der Waals surface area (Å²) in [6.45, 7) is 8.02. The predicted molar refractivity (Wildman–Crippen MR) is 93.2 cm³/mol. The number of halogens is 1. The Labute approximate surface area is 146 Å². The number of rotatable bonds is 5. The molecule has 0 spiro atoms. The summed E-state index contributed by atoms with van der Waals surface area (Å²) < 4.78 is 15.0. The topological polar surface area (TPSA) is 75.1 Å². The summed E-state index contributed by atoms with van der Waals surface area (Å²) in [5.74, 6) is -0.0485. The first-order valence-corrected chi connectivity index (χ1v) is 8.37. The van der Waals surface area contributed by atoms with E-state index in [0.717, 1.165) is 19.6 Å². The fourth-order valence-corrected chi connectivity index (χ4v) is 2.96. The molecule has 1 aliphatic heterocycles. The van der Waals surface area contributed by atoms with Crippen LogP contribution < -0.4 is 10.6 Å². The summed E-state index contributed by atoms with van der Waals surface area (Å²) >= 11 is 0. The highest BCUT2D eigenvalue weighted by molar-refractivity contribution is 5.88. The number of anilines is 1. The van der Waals surface area contributed by atoms with Crippen LogP contribution in [0.15, 0.2) is 30.6 Å². The Morgan fingerprint density at radius 1 is 1.40 bits per heavy atom. The van der Waals surface area contributed by atoms with E-state index in [9.17, 15) is 9.18 Å². The van der Waals surface area contributed by atoms with Gasteiger partial charge in [-0.05, 0) is 30.5 Å². The molecule has 0 unspecified atom stereocenters. The van der Waals surface area contributed by atoms with E-state index in [0.29, 0.717) is 17.8 Å². The van der Waals surface area contributed by atoms with Crippen molar-refractivity contribution in [1.29, 1.82) is 0 Å². The lowest BCUT2D eigenvalue weighted by Crippen LogP contribution is -2.36. The van der Waals surface area contributed by atoms with E-state index < -0.39 is 5.82 Å². The number of carbonyl (C=O) groups is 1. The van der Waals surface area contributed by atoms with Crippen LogP contribution in [-0.4, -0.2) is 51.9 Å². The number of nitrogens with one attached hydrogen (secondary N) is 2. The monoisotopic (exact) mass is 346 g/mol. The first-order valence-electron chi connectivity index (χ1n) is 8.37. The van der Waals surface area contributed by atoms with Gasteiger partial charge in [-0.2, -0.15) is 0 Å². The van der Waals surface area contributed by atoms with Gasteiger partial charge in [0.2, 0.25) is 0 Å². The van der Waals surface area contributed by atoms with E-state index in [2.05, 4.69) is 39.5 Å². The van der Waals surface area contributed by atoms with Gasteiger partial charge in [0, 0.05) is 38.1 Å². The lowest BCUT2D eigenvalue weighted by Gasteiger charge is -2.19. The van der Waals surface area contributed by atoms with Crippen molar-refractivity contribution in [2.24, 2.45) is 5.41 Å². The molecule has 2 N–H and O–H groups in total. The van der Waals surface area contributed by atoms with Gasteiger partial charge < -0.3 is 10.2 Å². The van der Waals surface area contributed by atoms with Crippen LogP contribution >= 0.6 is 0 Å². The summed E-state index contributed by atoms with van der Waals surface area (Å²) in [5, 5.41) is 9.58. The normalized spacial score (nSPS) is 16.8. The minimum Gasteiger partial charge on any atom is -0.337 e. The van der Waals surface area contributed by atoms with Gasteiger partial charge in [0.05, 0.1) is 0 Å². The third-order valence-electron chi connectivity index (χ3n) is 4.26. The Hall–Kier alpha value is -2.48. The Morgan fingerprint density at radius 3 is 2.96 bits per heavy atom. The number of aromatic nitrogens is 3. The van der Waals surface area contributed by atoms with Gasteiger partial charge in [-0.3, -0.25) is 5.32 Å². The van der Waals surface area contributed by atoms with Crippen LogP contribution in [0.3, 0.4) is 0 Å². The standard InChI is InChI=1S/C17H23FN6O/c1-17(2)6-10-23(12-17)11-8-20-16(25)21-14-5-9-24(22-14)15-13(18)4-3-7-19-15/h3-5,7,9H,6,8,10-12H2,1-2H3,(H2,20,21,22,25). The van der Waals surface area contributed by atoms with Gasteiger partial charge >= 0.3 is 6.03 Å². The minimum absolute atomic E-state index is 0.0904. The highest BCUT2D eigenvalue weighted by Gasteiger charge is 2.28. The van der Waals surface area contributed by atoms with Gasteiger partial charge in [-0.1, -0.05) is 13.8 Å². The van der Waals surface area contributed by atoms with Gasteiger partial charge in [0.1, 0.15) is 0 Å². The number of amides is 2. The number of carbonyl (C=O) groups excluding carboxylic acids is 1. The van der Waals surface area contributed by atoms with Crippen LogP contribution in [0.2, 0.25) is 0 Å². The number of hydrogen-bond donors (Lipinski definition) is 2. The quantitative estimate of drug-likeness (QED) is 0.871. The summed E-state index contributed by atoms with van der Waals surface area (Å²) in [6.07, 6.45) is 4.22. The molecule has 1 aliphatic rings. The fraction of sp³-hybridized carbons (Fsp3) is 0.471. The lowest BCUT2D eigenvalue weighted by atomic mass is 9.93. The molecule has 2 aromatic heterocycles. The number of urea groups is 1. The smallest absolute Gasteiger partial charge is 0.320 e. The van der Waals surface area contributed by atoms with Gasteiger partial charge in [0.25, 0.3) is 0 Å². The lowest BCUT2D eigenvalue weighted by molar-refractivity contribution is 0.247. The highest BCUT2D eigenvalue weighted by atomic mass is 19.1. The maximum Gasteiger partial charge on any atom is 0.320 e. The summed E-state index contributed by atoms with van der Waals surface area (Å²) in [6, 6.07) is 4.08. The second kappa shape index (κ2) is 7.18. The maximum absolute atomic E-state index is 13.7. The second-order valence-corrected chi connectivity index (χ2v) is 7.03. The van der Waals surface area contributed by atoms with Crippen LogP contribution in [0.4, 0.5) is 15.0 Å². The predicted octanol–water partition coefficient (Wildman–Crippen LogP) is 2.26. The van der Waals surface area contributed by atoms with Gasteiger partial charge in [-0.25, -0.2) is 18.9 Å². The van der Waals surface area contributed by atoms with E-state index in [-0.39, 0.29) is 11.8 Å². The SMILES string of the molecule is CC1(C)CCN(CCNC(=O)Nc2ccn(-c3ncccc3F)n2)C1. The zero-order chi connectivity index (χ0) is 17.9. The van der Waals surface area contributed by atoms with Crippen LogP contribution in [-0.2, 0) is 0 Å². The van der Waals surface area contributed by atoms with Crippen molar-refractivity contribution in [2.75, 3.05) is 31.5 Å². The molecule has 0 aliphatic carbocycles. The zero-order valence-corrected chi connectivity index (χ0v) is 14.5. The number of pyridine rings is 1. The average molecular weight is 346 g/mol. The molecular weight excluding hydrogens is 323 g/mol. The summed E-state index contributed by atoms with van der Waals surface area (Å²) in [4.78, 5) is 18.2. The third-order valence-corrected chi connectivity index (χ3v) is 4.26. The molecule has 0 saturated carbocycles. The third kappa shape index (κ3) is 4.54. The number of likely N-dealkylation sites (tertiary alicyclic amines) is 1. The fourth-order valence-electron chi connectivity index (χ4n) is 2.96. The number of nitrogens with zero attached hydrogens (tertiary/aromatic N) is 4. The van der Waals surface area contributed by atoms with Gasteiger partial charge in [0.15, 0.2) is 17.5 Å². The molecule has 2 aromatic rings. The molecule has 3 rings (SSSR count). The Balaban J connectivity index is 1.47. The molecule has 8 heteroatoms. The molecule has 2 amide bonds. The van der Waals surface area contributed by atoms with Crippen LogP contribution in [0.25, 0.3) is 5.82 Å². The maximum atomic E-state index is 13.7. The van der Waals surface area contributed by atoms with Crippen molar-refractivity contribution in [2.45, 2.75) is 20.3 Å². The minimum atomic E-state index is -0.477. The molecule has 0 radical (unpaired) electrons. The molecule has 1 fully saturated rings. The van der Waals surface area contributed by atoms with Crippen molar-refractivity contribution < 1.29 is 9.18 Å². The Kier molecular flexibility index (Phi) is 4.98. The molecular formula is C17H23FN6O. The van der Waals surface area contributed by atoms with Crippen LogP contribution in [0, 0.1) is 11.2 Å². The highest BCUT2D eigenvalue weighted by Crippen LogP contribution is 2.28. The van der Waals surface area contributed by atoms with Crippen molar-refractivity contribution in [3.8, 4) is 5.82 Å². The van der Waals surface area contributed by atoms with Crippen molar-refractivity contribution in [3.63, 3.8) is 0 Å². The summed E-state index contributed by atoms with van der Waals surface area (Å²) in [5.41, 5.74) is 0.357. The first-order chi connectivity index (χ1) is 11.9. The van der Waals surface area contributed by atoms with Crippen LogP contribution in [0.1, 0.15) is 20.3 Å². The van der Waals surface area contributed by atoms with E-state index in [1.807, 2.05) is 0 Å². The second-order valence-electron chi connectivity index (χ2n) is 7.03. The van der Waals surface area contributed by atoms with Crippen LogP contribution in [0.5, 0.6) is 0 Å². The van der Waals surface area contributed by atoms with Gasteiger partial charge in [-0.15, -0.1) is 5.10 Å². The number of hydrogen-bond acceptors (Lipinski definition) is 4. The Morgan fingerprint density at radius 2 is 2.24 bits per heavy atom. The molecule has 0 atom stereocenters. The van der Waals surface area contributed by atoms with E-state index in [4.69, 9.17) is 0 Å². The largest absolute Gasteiger partial charge is 0.337 e. The van der Waals surface area contributed by atoms with Crippen molar-refractivity contribution >= 4 is 11.8 Å². The zero-order valence-electron chi connectivity index (χ0n) is 14.5. The van der Waals surface area contributed by atoms with E-state index in [1.165, 1.54) is 29.4 Å². The molecule has 0 bridgehead atoms. The molecule has 1 saturated heterocycles. The first kappa shape index (κ1) is 17.3. The average Bonchev–Trinajstić information content (AvgIpc) is 3.14. The molecule has 7 nitrogen and oxygen atoms in total. The molecule has 25 heavy (non-hydrogen) atoms. The molecule has 134 valence electrons. The molecule has 0 aromatic carbocycles. The summed E-state index contributed by atoms with van der Waals surface area (Å²) in [7, 11) is 0. The Bertz CT molecular complexity index is 744. The van der Waals surface area contributed by atoms with E-state index in [1.54, 1.807) is 12.3 Å². The van der Waals surface area contributed by atoms with E-state index >= 15 is 0 Å². The van der Waals surface area contributed by atoms with Crippen molar-refractivity contribution in [3.05, 3.63) is 36.4 Å². The molecule has 3 heterocycles.